The normalized spacial score (nSPS) is 38.7. The van der Waals surface area contributed by atoms with Crippen LogP contribution in [0, 0.1) is 17.3 Å². The molecular formula is C10H15NO4. The molecule has 0 bridgehead atoms. The molecule has 2 rings (SSSR count). The van der Waals surface area contributed by atoms with Crippen molar-refractivity contribution in [3.05, 3.63) is 0 Å². The largest absolute Gasteiger partial charge is 0.481 e. The fraction of sp³-hybridized carbons (Fsp3) is 0.800. The summed E-state index contributed by atoms with van der Waals surface area (Å²) >= 11 is 0. The van der Waals surface area contributed by atoms with Crippen molar-refractivity contribution in [2.45, 2.75) is 12.8 Å². The van der Waals surface area contributed by atoms with E-state index in [1.807, 2.05) is 0 Å². The number of carbonyl (C=O) groups excluding carboxylic acids is 1. The Bertz CT molecular complexity index is 296. The second-order valence-electron chi connectivity index (χ2n) is 4.51. The van der Waals surface area contributed by atoms with Crippen LogP contribution in [0.15, 0.2) is 0 Å². The van der Waals surface area contributed by atoms with E-state index >= 15 is 0 Å². The van der Waals surface area contributed by atoms with Crippen LogP contribution < -0.4 is 5.32 Å². The first-order valence-electron chi connectivity index (χ1n) is 5.10. The fourth-order valence-electron chi connectivity index (χ4n) is 2.84. The van der Waals surface area contributed by atoms with Gasteiger partial charge in [-0.1, -0.05) is 0 Å². The third kappa shape index (κ3) is 1.51. The van der Waals surface area contributed by atoms with E-state index in [1.165, 1.54) is 7.11 Å². The highest BCUT2D eigenvalue weighted by atomic mass is 16.5. The first-order valence-corrected chi connectivity index (χ1v) is 5.10. The topological polar surface area (TPSA) is 75.6 Å². The van der Waals surface area contributed by atoms with Crippen molar-refractivity contribution in [1.82, 2.24) is 5.32 Å². The number of carboxylic acids is 1. The molecule has 1 saturated carbocycles. The highest BCUT2D eigenvalue weighted by Gasteiger charge is 2.57. The van der Waals surface area contributed by atoms with Crippen molar-refractivity contribution in [2.24, 2.45) is 17.3 Å². The van der Waals surface area contributed by atoms with E-state index in [9.17, 15) is 9.59 Å². The summed E-state index contributed by atoms with van der Waals surface area (Å²) in [5, 5.41) is 12.1. The predicted octanol–water partition coefficient (Wildman–Crippen LogP) is -0.140. The number of methoxy groups -OCH3 is 1. The van der Waals surface area contributed by atoms with Crippen LogP contribution >= 0.6 is 0 Å². The van der Waals surface area contributed by atoms with Gasteiger partial charge in [0.05, 0.1) is 18.9 Å². The van der Waals surface area contributed by atoms with Gasteiger partial charge in [0.2, 0.25) is 0 Å². The third-order valence-electron chi connectivity index (χ3n) is 3.70. The Morgan fingerprint density at radius 2 is 2.13 bits per heavy atom. The second-order valence-corrected chi connectivity index (χ2v) is 4.51. The van der Waals surface area contributed by atoms with E-state index in [2.05, 4.69) is 10.1 Å². The maximum atomic E-state index is 11.2. The molecule has 0 aromatic heterocycles. The highest BCUT2D eigenvalue weighted by Crippen LogP contribution is 2.53. The minimum absolute atomic E-state index is 0.100. The summed E-state index contributed by atoms with van der Waals surface area (Å²) < 4.78 is 4.65. The smallest absolute Gasteiger partial charge is 0.308 e. The van der Waals surface area contributed by atoms with Gasteiger partial charge in [0.1, 0.15) is 0 Å². The molecule has 1 saturated heterocycles. The van der Waals surface area contributed by atoms with Crippen molar-refractivity contribution in [3.8, 4) is 0 Å². The number of hydrogen-bond acceptors (Lipinski definition) is 4. The summed E-state index contributed by atoms with van der Waals surface area (Å²) in [5.74, 6) is -1.42. The fourth-order valence-corrected chi connectivity index (χ4v) is 2.84. The number of rotatable bonds is 2. The van der Waals surface area contributed by atoms with Gasteiger partial charge in [0.15, 0.2) is 0 Å². The molecule has 0 radical (unpaired) electrons. The van der Waals surface area contributed by atoms with Gasteiger partial charge in [-0.3, -0.25) is 9.59 Å². The van der Waals surface area contributed by atoms with Crippen molar-refractivity contribution < 1.29 is 19.4 Å². The monoisotopic (exact) mass is 213 g/mol. The Labute approximate surface area is 87.8 Å². The molecule has 1 spiro atoms. The SMILES string of the molecule is COC(=O)C1CC2(CNCC2C(=O)O)C1. The minimum atomic E-state index is -0.761. The van der Waals surface area contributed by atoms with Crippen molar-refractivity contribution in [2.75, 3.05) is 20.2 Å². The number of aliphatic carboxylic acids is 1. The van der Waals surface area contributed by atoms with Crippen LogP contribution in [0.25, 0.3) is 0 Å². The first kappa shape index (κ1) is 10.4. The third-order valence-corrected chi connectivity index (χ3v) is 3.70. The quantitative estimate of drug-likeness (QED) is 0.624. The van der Waals surface area contributed by atoms with E-state index in [1.54, 1.807) is 0 Å². The minimum Gasteiger partial charge on any atom is -0.481 e. The van der Waals surface area contributed by atoms with Gasteiger partial charge in [-0.15, -0.1) is 0 Å². The van der Waals surface area contributed by atoms with Gasteiger partial charge in [-0.25, -0.2) is 0 Å². The number of esters is 1. The zero-order valence-corrected chi connectivity index (χ0v) is 8.66. The second kappa shape index (κ2) is 3.48. The molecule has 1 unspecified atom stereocenters. The van der Waals surface area contributed by atoms with Gasteiger partial charge in [-0.2, -0.15) is 0 Å². The number of ether oxygens (including phenoxy) is 1. The lowest BCUT2D eigenvalue weighted by Gasteiger charge is -2.45. The van der Waals surface area contributed by atoms with Crippen LogP contribution in [0.5, 0.6) is 0 Å². The molecule has 2 aliphatic rings. The zero-order chi connectivity index (χ0) is 11.1. The number of carbonyl (C=O) groups is 2. The van der Waals surface area contributed by atoms with Crippen LogP contribution in [0.2, 0.25) is 0 Å². The Morgan fingerprint density at radius 3 is 2.67 bits per heavy atom. The van der Waals surface area contributed by atoms with Crippen molar-refractivity contribution >= 4 is 11.9 Å². The maximum absolute atomic E-state index is 11.2. The summed E-state index contributed by atoms with van der Waals surface area (Å²) in [5.41, 5.74) is -0.204. The van der Waals surface area contributed by atoms with Gasteiger partial charge in [0.25, 0.3) is 0 Å². The Balaban J connectivity index is 2.00. The lowest BCUT2D eigenvalue weighted by atomic mass is 9.57. The predicted molar refractivity (Wildman–Crippen MR) is 51.2 cm³/mol. The summed E-state index contributed by atoms with van der Waals surface area (Å²) in [7, 11) is 1.37. The summed E-state index contributed by atoms with van der Waals surface area (Å²) in [4.78, 5) is 22.2. The van der Waals surface area contributed by atoms with Gasteiger partial charge < -0.3 is 15.2 Å². The maximum Gasteiger partial charge on any atom is 0.308 e. The highest BCUT2D eigenvalue weighted by molar-refractivity contribution is 5.76. The number of hydrogen-bond donors (Lipinski definition) is 2. The van der Waals surface area contributed by atoms with Gasteiger partial charge in [0, 0.05) is 13.1 Å². The molecule has 2 N–H and O–H groups in total. The molecule has 1 aliphatic carbocycles. The van der Waals surface area contributed by atoms with E-state index < -0.39 is 5.97 Å². The Kier molecular flexibility index (Phi) is 2.42. The summed E-state index contributed by atoms with van der Waals surface area (Å²) in [6.45, 7) is 1.22. The Morgan fingerprint density at radius 1 is 1.47 bits per heavy atom. The standard InChI is InChI=1S/C10H15NO4/c1-15-9(14)6-2-10(3-6)5-11-4-7(10)8(12)13/h6-7,11H,2-5H2,1H3,(H,12,13). The van der Waals surface area contributed by atoms with Crippen molar-refractivity contribution in [1.29, 1.82) is 0 Å². The lowest BCUT2D eigenvalue weighted by Crippen LogP contribution is -2.48. The van der Waals surface area contributed by atoms with Gasteiger partial charge >= 0.3 is 11.9 Å². The van der Waals surface area contributed by atoms with Crippen molar-refractivity contribution in [3.63, 3.8) is 0 Å². The molecule has 1 aliphatic heterocycles. The number of nitrogens with one attached hydrogen (secondary N) is 1. The molecule has 84 valence electrons. The zero-order valence-electron chi connectivity index (χ0n) is 8.66. The molecular weight excluding hydrogens is 198 g/mol. The van der Waals surface area contributed by atoms with Crippen LogP contribution in [-0.2, 0) is 14.3 Å². The van der Waals surface area contributed by atoms with E-state index in [-0.39, 0.29) is 23.2 Å². The van der Waals surface area contributed by atoms with Crippen LogP contribution in [-0.4, -0.2) is 37.2 Å². The number of carboxylic acid groups (broad SMARTS) is 1. The molecule has 5 heteroatoms. The summed E-state index contributed by atoms with van der Waals surface area (Å²) in [6.07, 6.45) is 1.28. The molecule has 1 heterocycles. The average molecular weight is 213 g/mol. The molecule has 0 aromatic rings. The molecule has 5 nitrogen and oxygen atoms in total. The van der Waals surface area contributed by atoms with E-state index in [4.69, 9.17) is 5.11 Å². The lowest BCUT2D eigenvalue weighted by molar-refractivity contribution is -0.161. The van der Waals surface area contributed by atoms with Crippen LogP contribution in [0.3, 0.4) is 0 Å². The molecule has 0 aromatic carbocycles. The first-order chi connectivity index (χ1) is 7.09. The molecule has 0 amide bonds. The summed E-state index contributed by atoms with van der Waals surface area (Å²) in [6, 6.07) is 0. The molecule has 1 atom stereocenters. The average Bonchev–Trinajstić information content (AvgIpc) is 2.58. The van der Waals surface area contributed by atoms with E-state index in [0.29, 0.717) is 25.9 Å². The van der Waals surface area contributed by atoms with E-state index in [0.717, 1.165) is 0 Å². The van der Waals surface area contributed by atoms with Crippen LogP contribution in [0.1, 0.15) is 12.8 Å². The van der Waals surface area contributed by atoms with Crippen LogP contribution in [0.4, 0.5) is 0 Å². The van der Waals surface area contributed by atoms with Gasteiger partial charge in [-0.05, 0) is 18.3 Å². The molecule has 2 fully saturated rings. The Hall–Kier alpha value is -1.10. The molecule has 15 heavy (non-hydrogen) atoms.